The van der Waals surface area contributed by atoms with Crippen molar-refractivity contribution < 1.29 is 14.3 Å². The van der Waals surface area contributed by atoms with Gasteiger partial charge in [-0.15, -0.1) is 0 Å². The van der Waals surface area contributed by atoms with Crippen molar-refractivity contribution in [3.05, 3.63) is 76.1 Å². The minimum absolute atomic E-state index is 0.0146. The number of aryl methyl sites for hydroxylation is 1. The second-order valence-electron chi connectivity index (χ2n) is 10.1. The maximum atomic E-state index is 13.5. The minimum atomic E-state index is -0.535. The van der Waals surface area contributed by atoms with Crippen molar-refractivity contribution in [2.45, 2.75) is 77.2 Å². The van der Waals surface area contributed by atoms with E-state index in [1.807, 2.05) is 41.3 Å². The molecule has 0 radical (unpaired) electrons. The standard InChI is InChI=1S/C30H34ClN3O3/c1-3-37-29(36)22-11-15-24(16-12-22)33(21(2)35)30(19-7-4-8-20-30)28-26-9-5-6-10-27(26)32-34(28)25-17-13-23(31)14-18-25/h11-18H,3-10,19-20H2,1-2H3. The van der Waals surface area contributed by atoms with Crippen LogP contribution in [-0.2, 0) is 27.9 Å². The lowest BCUT2D eigenvalue weighted by Crippen LogP contribution is -2.52. The van der Waals surface area contributed by atoms with Crippen LogP contribution in [-0.4, -0.2) is 28.3 Å². The quantitative estimate of drug-likeness (QED) is 0.336. The summed E-state index contributed by atoms with van der Waals surface area (Å²) in [6.07, 6.45) is 9.10. The minimum Gasteiger partial charge on any atom is -0.462 e. The highest BCUT2D eigenvalue weighted by Gasteiger charge is 2.47. The molecule has 37 heavy (non-hydrogen) atoms. The van der Waals surface area contributed by atoms with Crippen LogP contribution in [0.5, 0.6) is 0 Å². The molecule has 194 valence electrons. The lowest BCUT2D eigenvalue weighted by Gasteiger charge is -2.47. The zero-order valence-corrected chi connectivity index (χ0v) is 22.4. The van der Waals surface area contributed by atoms with Gasteiger partial charge in [0.2, 0.25) is 5.91 Å². The Morgan fingerprint density at radius 2 is 1.65 bits per heavy atom. The molecule has 3 aromatic rings. The molecule has 0 saturated heterocycles. The van der Waals surface area contributed by atoms with Gasteiger partial charge in [-0.05, 0) is 99.5 Å². The van der Waals surface area contributed by atoms with E-state index < -0.39 is 5.54 Å². The molecule has 1 amide bonds. The molecule has 0 aliphatic heterocycles. The zero-order valence-electron chi connectivity index (χ0n) is 21.6. The first kappa shape index (κ1) is 25.5. The number of anilines is 1. The highest BCUT2D eigenvalue weighted by molar-refractivity contribution is 6.30. The maximum absolute atomic E-state index is 13.5. The van der Waals surface area contributed by atoms with Crippen LogP contribution < -0.4 is 4.90 Å². The van der Waals surface area contributed by atoms with Crippen LogP contribution >= 0.6 is 11.6 Å². The van der Waals surface area contributed by atoms with E-state index in [0.717, 1.165) is 80.6 Å². The molecule has 1 heterocycles. The second kappa shape index (κ2) is 10.7. The average molecular weight is 520 g/mol. The van der Waals surface area contributed by atoms with Crippen molar-refractivity contribution in [1.29, 1.82) is 0 Å². The van der Waals surface area contributed by atoms with Crippen molar-refractivity contribution in [2.24, 2.45) is 0 Å². The van der Waals surface area contributed by atoms with Crippen LogP contribution in [0.25, 0.3) is 5.69 Å². The van der Waals surface area contributed by atoms with Crippen molar-refractivity contribution in [1.82, 2.24) is 9.78 Å². The number of amides is 1. The van der Waals surface area contributed by atoms with Crippen LogP contribution in [0.3, 0.4) is 0 Å². The summed E-state index contributed by atoms with van der Waals surface area (Å²) in [5.41, 5.74) is 5.26. The van der Waals surface area contributed by atoms with Gasteiger partial charge in [0, 0.05) is 17.6 Å². The number of rotatable bonds is 6. The second-order valence-corrected chi connectivity index (χ2v) is 10.5. The predicted octanol–water partition coefficient (Wildman–Crippen LogP) is 6.79. The van der Waals surface area contributed by atoms with Crippen molar-refractivity contribution in [2.75, 3.05) is 11.5 Å². The Balaban J connectivity index is 1.69. The van der Waals surface area contributed by atoms with E-state index in [1.54, 1.807) is 26.0 Å². The van der Waals surface area contributed by atoms with E-state index >= 15 is 0 Å². The van der Waals surface area contributed by atoms with Gasteiger partial charge in [0.05, 0.1) is 34.8 Å². The Bertz CT molecular complexity index is 1270. The number of benzene rings is 2. The third-order valence-corrected chi connectivity index (χ3v) is 7.98. The van der Waals surface area contributed by atoms with Crippen LogP contribution in [0.2, 0.25) is 5.02 Å². The number of ether oxygens (including phenoxy) is 1. The van der Waals surface area contributed by atoms with Crippen LogP contribution in [0.4, 0.5) is 5.69 Å². The van der Waals surface area contributed by atoms with Gasteiger partial charge in [0.1, 0.15) is 0 Å². The first-order valence-corrected chi connectivity index (χ1v) is 13.8. The lowest BCUT2D eigenvalue weighted by molar-refractivity contribution is -0.118. The third-order valence-electron chi connectivity index (χ3n) is 7.73. The van der Waals surface area contributed by atoms with Gasteiger partial charge in [-0.3, -0.25) is 4.79 Å². The Labute approximate surface area is 223 Å². The summed E-state index contributed by atoms with van der Waals surface area (Å²) in [7, 11) is 0. The number of aromatic nitrogens is 2. The van der Waals surface area contributed by atoms with Crippen molar-refractivity contribution in [3.63, 3.8) is 0 Å². The van der Waals surface area contributed by atoms with Crippen molar-refractivity contribution >= 4 is 29.2 Å². The van der Waals surface area contributed by atoms with Crippen LogP contribution in [0.15, 0.2) is 48.5 Å². The fourth-order valence-electron chi connectivity index (χ4n) is 6.19. The highest BCUT2D eigenvalue weighted by atomic mass is 35.5. The summed E-state index contributed by atoms with van der Waals surface area (Å²) in [6.45, 7) is 3.76. The number of carbonyl (C=O) groups excluding carboxylic acids is 2. The molecule has 1 fully saturated rings. The van der Waals surface area contributed by atoms with Gasteiger partial charge >= 0.3 is 5.97 Å². The molecule has 2 aliphatic carbocycles. The van der Waals surface area contributed by atoms with Crippen LogP contribution in [0, 0.1) is 0 Å². The molecule has 0 bridgehead atoms. The number of esters is 1. The summed E-state index contributed by atoms with van der Waals surface area (Å²) in [5, 5.41) is 5.82. The molecular weight excluding hydrogens is 486 g/mol. The molecular formula is C30H34ClN3O3. The summed E-state index contributed by atoms with van der Waals surface area (Å²) < 4.78 is 7.25. The molecule has 2 aromatic carbocycles. The summed E-state index contributed by atoms with van der Waals surface area (Å²) in [4.78, 5) is 27.8. The average Bonchev–Trinajstić information content (AvgIpc) is 3.30. The van der Waals surface area contributed by atoms with Gasteiger partial charge in [-0.25, -0.2) is 9.48 Å². The third kappa shape index (κ3) is 4.79. The monoisotopic (exact) mass is 519 g/mol. The summed E-state index contributed by atoms with van der Waals surface area (Å²) in [6, 6.07) is 15.1. The van der Waals surface area contributed by atoms with Crippen molar-refractivity contribution in [3.8, 4) is 5.69 Å². The number of fused-ring (bicyclic) bond motifs is 1. The number of nitrogens with zero attached hydrogens (tertiary/aromatic N) is 3. The number of halogens is 1. The number of carbonyl (C=O) groups is 2. The molecule has 0 atom stereocenters. The smallest absolute Gasteiger partial charge is 0.338 e. The van der Waals surface area contributed by atoms with Gasteiger partial charge in [-0.2, -0.15) is 5.10 Å². The molecule has 0 N–H and O–H groups in total. The van der Waals surface area contributed by atoms with E-state index in [-0.39, 0.29) is 11.9 Å². The molecule has 6 nitrogen and oxygen atoms in total. The van der Waals surface area contributed by atoms with Gasteiger partial charge in [-0.1, -0.05) is 30.9 Å². The first-order valence-electron chi connectivity index (χ1n) is 13.4. The fraction of sp³-hybridized carbons (Fsp3) is 0.433. The lowest BCUT2D eigenvalue weighted by atomic mass is 9.74. The number of hydrogen-bond acceptors (Lipinski definition) is 4. The van der Waals surface area contributed by atoms with Gasteiger partial charge in [0.15, 0.2) is 0 Å². The van der Waals surface area contributed by atoms with E-state index in [4.69, 9.17) is 21.4 Å². The molecule has 0 spiro atoms. The molecule has 1 aromatic heterocycles. The Kier molecular flexibility index (Phi) is 7.38. The van der Waals surface area contributed by atoms with Gasteiger partial charge < -0.3 is 9.64 Å². The van der Waals surface area contributed by atoms with E-state index in [9.17, 15) is 9.59 Å². The Morgan fingerprint density at radius 1 is 0.973 bits per heavy atom. The first-order chi connectivity index (χ1) is 17.9. The summed E-state index contributed by atoms with van der Waals surface area (Å²) >= 11 is 6.23. The predicted molar refractivity (Wildman–Crippen MR) is 146 cm³/mol. The molecule has 7 heteroatoms. The van der Waals surface area contributed by atoms with Gasteiger partial charge in [0.25, 0.3) is 0 Å². The fourth-order valence-corrected chi connectivity index (χ4v) is 6.32. The Morgan fingerprint density at radius 3 is 2.30 bits per heavy atom. The molecule has 0 unspecified atom stereocenters. The van der Waals surface area contributed by atoms with Crippen LogP contribution in [0.1, 0.15) is 86.1 Å². The highest BCUT2D eigenvalue weighted by Crippen LogP contribution is 2.48. The van der Waals surface area contributed by atoms with E-state index in [1.165, 1.54) is 5.56 Å². The Hall–Kier alpha value is -3.12. The SMILES string of the molecule is CCOC(=O)c1ccc(N(C(C)=O)C2(c3c4c(nn3-c3ccc(Cl)cc3)CCCC4)CCCCC2)cc1. The topological polar surface area (TPSA) is 64.4 Å². The maximum Gasteiger partial charge on any atom is 0.338 e. The molecule has 5 rings (SSSR count). The van der Waals surface area contributed by atoms with E-state index in [2.05, 4.69) is 4.68 Å². The summed E-state index contributed by atoms with van der Waals surface area (Å²) in [5.74, 6) is -0.370. The molecule has 2 aliphatic rings. The van der Waals surface area contributed by atoms with E-state index in [0.29, 0.717) is 17.2 Å². The molecule has 1 saturated carbocycles. The zero-order chi connectivity index (χ0) is 26.0. The number of hydrogen-bond donors (Lipinski definition) is 0. The largest absolute Gasteiger partial charge is 0.462 e. The normalized spacial score (nSPS) is 16.6.